The summed E-state index contributed by atoms with van der Waals surface area (Å²) in [4.78, 5) is 11.1. The Labute approximate surface area is 159 Å². The van der Waals surface area contributed by atoms with Crippen LogP contribution < -0.4 is 10.2 Å². The van der Waals surface area contributed by atoms with Crippen LogP contribution in [0.1, 0.15) is 30.5 Å². The van der Waals surface area contributed by atoms with Crippen LogP contribution in [0, 0.1) is 0 Å². The summed E-state index contributed by atoms with van der Waals surface area (Å²) in [6.07, 6.45) is 2.54. The van der Waals surface area contributed by atoms with Gasteiger partial charge < -0.3 is 15.3 Å². The van der Waals surface area contributed by atoms with E-state index < -0.39 is 5.60 Å². The Balaban J connectivity index is 1.53. The van der Waals surface area contributed by atoms with Gasteiger partial charge in [-0.2, -0.15) is 0 Å². The quantitative estimate of drug-likeness (QED) is 0.736. The molecule has 2 heterocycles. The first-order valence-electron chi connectivity index (χ1n) is 9.23. The molecular formula is C22H24N4O. The molecule has 0 saturated carbocycles. The van der Waals surface area contributed by atoms with Crippen LogP contribution in [-0.4, -0.2) is 21.6 Å². The number of para-hydroxylation sites is 1. The number of nitrogens with one attached hydrogen (secondary N) is 1. The standard InChI is InChI=1S/C22H24N4O/c1-22(2,27)18-9-8-17-14-26(11-10-16(17)12-18)21-13-20(23-15-24-21)25-19-6-4-3-5-7-19/h3-9,12-13,15,27H,10-11,14H2,1-2H3,(H,23,24,25). The first-order chi connectivity index (χ1) is 13.0. The summed E-state index contributed by atoms with van der Waals surface area (Å²) in [5, 5.41) is 13.6. The van der Waals surface area contributed by atoms with Crippen molar-refractivity contribution in [1.29, 1.82) is 0 Å². The number of hydrogen-bond donors (Lipinski definition) is 2. The van der Waals surface area contributed by atoms with Gasteiger partial charge in [-0.1, -0.05) is 36.4 Å². The number of aromatic nitrogens is 2. The number of hydrogen-bond acceptors (Lipinski definition) is 5. The Bertz CT molecular complexity index is 935. The zero-order valence-corrected chi connectivity index (χ0v) is 15.7. The highest BCUT2D eigenvalue weighted by molar-refractivity contribution is 5.59. The summed E-state index contributed by atoms with van der Waals surface area (Å²) < 4.78 is 0. The molecule has 0 bridgehead atoms. The van der Waals surface area contributed by atoms with Crippen LogP contribution in [0.15, 0.2) is 60.9 Å². The Morgan fingerprint density at radius 2 is 1.81 bits per heavy atom. The van der Waals surface area contributed by atoms with Crippen LogP contribution in [0.3, 0.4) is 0 Å². The Hall–Kier alpha value is -2.92. The highest BCUT2D eigenvalue weighted by atomic mass is 16.3. The number of anilines is 3. The highest BCUT2D eigenvalue weighted by Crippen LogP contribution is 2.28. The molecule has 0 unspecified atom stereocenters. The van der Waals surface area contributed by atoms with E-state index in [1.54, 1.807) is 6.33 Å². The van der Waals surface area contributed by atoms with Crippen molar-refractivity contribution in [3.05, 3.63) is 77.6 Å². The van der Waals surface area contributed by atoms with Crippen LogP contribution in [-0.2, 0) is 18.6 Å². The lowest BCUT2D eigenvalue weighted by Gasteiger charge is -2.31. The molecule has 0 atom stereocenters. The van der Waals surface area contributed by atoms with Gasteiger partial charge in [-0.25, -0.2) is 9.97 Å². The van der Waals surface area contributed by atoms with Crippen LogP contribution in [0.25, 0.3) is 0 Å². The van der Waals surface area contributed by atoms with E-state index in [-0.39, 0.29) is 0 Å². The lowest BCUT2D eigenvalue weighted by atomic mass is 9.91. The number of fused-ring (bicyclic) bond motifs is 1. The molecule has 0 radical (unpaired) electrons. The van der Waals surface area contributed by atoms with Crippen molar-refractivity contribution in [3.63, 3.8) is 0 Å². The van der Waals surface area contributed by atoms with Crippen molar-refractivity contribution in [2.75, 3.05) is 16.8 Å². The van der Waals surface area contributed by atoms with Gasteiger partial charge in [0.25, 0.3) is 0 Å². The van der Waals surface area contributed by atoms with Crippen molar-refractivity contribution < 1.29 is 5.11 Å². The molecular weight excluding hydrogens is 336 g/mol. The maximum atomic E-state index is 10.2. The van der Waals surface area contributed by atoms with E-state index in [0.29, 0.717) is 0 Å². The summed E-state index contributed by atoms with van der Waals surface area (Å²) in [6, 6.07) is 18.3. The van der Waals surface area contributed by atoms with E-state index in [9.17, 15) is 5.11 Å². The molecule has 2 N–H and O–H groups in total. The average molecular weight is 360 g/mol. The first-order valence-corrected chi connectivity index (χ1v) is 9.23. The number of benzene rings is 2. The predicted molar refractivity (Wildman–Crippen MR) is 108 cm³/mol. The van der Waals surface area contributed by atoms with Gasteiger partial charge in [0.1, 0.15) is 18.0 Å². The fourth-order valence-corrected chi connectivity index (χ4v) is 3.39. The van der Waals surface area contributed by atoms with Gasteiger partial charge in [0, 0.05) is 24.8 Å². The summed E-state index contributed by atoms with van der Waals surface area (Å²) in [6.45, 7) is 5.35. The van der Waals surface area contributed by atoms with Gasteiger partial charge in [-0.05, 0) is 49.1 Å². The normalized spacial score (nSPS) is 14.0. The molecule has 5 nitrogen and oxygen atoms in total. The predicted octanol–water partition coefficient (Wildman–Crippen LogP) is 4.01. The van der Waals surface area contributed by atoms with E-state index >= 15 is 0 Å². The van der Waals surface area contributed by atoms with E-state index in [0.717, 1.165) is 42.4 Å². The zero-order valence-electron chi connectivity index (χ0n) is 15.7. The highest BCUT2D eigenvalue weighted by Gasteiger charge is 2.22. The molecule has 27 heavy (non-hydrogen) atoms. The van der Waals surface area contributed by atoms with Crippen molar-refractivity contribution in [2.24, 2.45) is 0 Å². The van der Waals surface area contributed by atoms with Gasteiger partial charge >= 0.3 is 0 Å². The van der Waals surface area contributed by atoms with Crippen molar-refractivity contribution in [1.82, 2.24) is 9.97 Å². The molecule has 3 aromatic rings. The van der Waals surface area contributed by atoms with Gasteiger partial charge in [0.2, 0.25) is 0 Å². The lowest BCUT2D eigenvalue weighted by molar-refractivity contribution is 0.0785. The molecule has 0 aliphatic carbocycles. The second kappa shape index (κ2) is 7.00. The smallest absolute Gasteiger partial charge is 0.135 e. The summed E-state index contributed by atoms with van der Waals surface area (Å²) in [5.41, 5.74) is 3.75. The monoisotopic (exact) mass is 360 g/mol. The molecule has 0 amide bonds. The summed E-state index contributed by atoms with van der Waals surface area (Å²) >= 11 is 0. The van der Waals surface area contributed by atoms with Crippen molar-refractivity contribution in [3.8, 4) is 0 Å². The molecule has 1 aromatic heterocycles. The van der Waals surface area contributed by atoms with E-state index in [1.807, 2.05) is 56.3 Å². The molecule has 138 valence electrons. The van der Waals surface area contributed by atoms with Crippen LogP contribution in [0.5, 0.6) is 0 Å². The molecule has 2 aromatic carbocycles. The average Bonchev–Trinajstić information content (AvgIpc) is 2.67. The third kappa shape index (κ3) is 3.93. The molecule has 0 spiro atoms. The molecule has 1 aliphatic heterocycles. The van der Waals surface area contributed by atoms with Gasteiger partial charge in [-0.15, -0.1) is 0 Å². The van der Waals surface area contributed by atoms with E-state index in [1.165, 1.54) is 11.1 Å². The van der Waals surface area contributed by atoms with E-state index in [2.05, 4.69) is 32.3 Å². The van der Waals surface area contributed by atoms with Crippen LogP contribution >= 0.6 is 0 Å². The van der Waals surface area contributed by atoms with Gasteiger partial charge in [-0.3, -0.25) is 0 Å². The molecule has 4 rings (SSSR count). The minimum Gasteiger partial charge on any atom is -0.386 e. The number of aliphatic hydroxyl groups is 1. The fourth-order valence-electron chi connectivity index (χ4n) is 3.39. The largest absolute Gasteiger partial charge is 0.386 e. The second-order valence-corrected chi connectivity index (χ2v) is 7.47. The topological polar surface area (TPSA) is 61.3 Å². The van der Waals surface area contributed by atoms with Gasteiger partial charge in [0.05, 0.1) is 5.60 Å². The van der Waals surface area contributed by atoms with Crippen LogP contribution in [0.4, 0.5) is 17.3 Å². The Morgan fingerprint density at radius 3 is 2.59 bits per heavy atom. The fraction of sp³-hybridized carbons (Fsp3) is 0.273. The molecule has 1 aliphatic rings. The third-order valence-electron chi connectivity index (χ3n) is 4.95. The minimum atomic E-state index is -0.809. The lowest BCUT2D eigenvalue weighted by Crippen LogP contribution is -2.31. The summed E-state index contributed by atoms with van der Waals surface area (Å²) in [7, 11) is 0. The van der Waals surface area contributed by atoms with Gasteiger partial charge in [0.15, 0.2) is 0 Å². The molecule has 0 saturated heterocycles. The van der Waals surface area contributed by atoms with Crippen LogP contribution in [0.2, 0.25) is 0 Å². The van der Waals surface area contributed by atoms with Crippen molar-refractivity contribution in [2.45, 2.75) is 32.4 Å². The molecule has 0 fully saturated rings. The zero-order chi connectivity index (χ0) is 18.9. The number of nitrogens with zero attached hydrogens (tertiary/aromatic N) is 3. The Kier molecular flexibility index (Phi) is 4.54. The number of rotatable bonds is 4. The molecule has 5 heteroatoms. The summed E-state index contributed by atoms with van der Waals surface area (Å²) in [5.74, 6) is 1.70. The third-order valence-corrected chi connectivity index (χ3v) is 4.95. The SMILES string of the molecule is CC(C)(O)c1ccc2c(c1)CCN(c1cc(Nc3ccccc3)ncn1)C2. The Morgan fingerprint density at radius 1 is 1.00 bits per heavy atom. The first kappa shape index (κ1) is 17.5. The second-order valence-electron chi connectivity index (χ2n) is 7.47. The van der Waals surface area contributed by atoms with E-state index in [4.69, 9.17) is 0 Å². The maximum Gasteiger partial charge on any atom is 0.135 e. The maximum absolute atomic E-state index is 10.2. The van der Waals surface area contributed by atoms with Crippen molar-refractivity contribution >= 4 is 17.3 Å². The minimum absolute atomic E-state index is 0.786.